The molecule has 0 unspecified atom stereocenters. The highest BCUT2D eigenvalue weighted by molar-refractivity contribution is 6.37. The fourth-order valence-electron chi connectivity index (χ4n) is 2.34. The molecule has 0 saturated heterocycles. The van der Waals surface area contributed by atoms with Crippen LogP contribution < -0.4 is 4.74 Å². The lowest BCUT2D eigenvalue weighted by molar-refractivity contribution is 0.0523. The lowest BCUT2D eigenvalue weighted by Crippen LogP contribution is -2.27. The van der Waals surface area contributed by atoms with Gasteiger partial charge in [0, 0.05) is 18.8 Å². The highest BCUT2D eigenvalue weighted by Gasteiger charge is 2.26. The summed E-state index contributed by atoms with van der Waals surface area (Å²) in [4.78, 5) is 17.0. The van der Waals surface area contributed by atoms with Crippen molar-refractivity contribution in [3.63, 3.8) is 0 Å². The first-order chi connectivity index (χ1) is 11.7. The summed E-state index contributed by atoms with van der Waals surface area (Å²) in [6.45, 7) is 5.33. The number of rotatable bonds is 2. The lowest BCUT2D eigenvalue weighted by Gasteiger charge is -2.19. The van der Waals surface area contributed by atoms with E-state index in [4.69, 9.17) is 21.1 Å². The molecule has 0 atom stereocenters. The van der Waals surface area contributed by atoms with Crippen molar-refractivity contribution in [1.82, 2.24) is 24.5 Å². The van der Waals surface area contributed by atoms with Crippen molar-refractivity contribution in [3.05, 3.63) is 23.6 Å². The first-order valence-electron chi connectivity index (χ1n) is 7.55. The van der Waals surface area contributed by atoms with Gasteiger partial charge in [-0.05, 0) is 20.8 Å². The van der Waals surface area contributed by atoms with Crippen LogP contribution in [0.3, 0.4) is 0 Å². The van der Waals surface area contributed by atoms with Gasteiger partial charge < -0.3 is 9.47 Å². The van der Waals surface area contributed by atoms with Crippen LogP contribution in [-0.2, 0) is 11.8 Å². The van der Waals surface area contributed by atoms with Gasteiger partial charge in [0.1, 0.15) is 27.4 Å². The van der Waals surface area contributed by atoms with Crippen molar-refractivity contribution in [3.8, 4) is 17.0 Å². The fraction of sp³-hybridized carbons (Fsp3) is 0.375. The average molecular weight is 364 g/mol. The predicted molar refractivity (Wildman–Crippen MR) is 92.9 cm³/mol. The Kier molecular flexibility index (Phi) is 4.16. The molecular formula is C16H18ClN5O3. The molecule has 0 amide bonds. The van der Waals surface area contributed by atoms with Gasteiger partial charge in [0.15, 0.2) is 5.75 Å². The summed E-state index contributed by atoms with van der Waals surface area (Å²) in [5, 5.41) is 8.75. The van der Waals surface area contributed by atoms with Crippen molar-refractivity contribution in [2.45, 2.75) is 26.4 Å². The molecule has 8 nitrogen and oxygen atoms in total. The van der Waals surface area contributed by atoms with Crippen molar-refractivity contribution in [1.29, 1.82) is 0 Å². The Labute approximate surface area is 149 Å². The van der Waals surface area contributed by atoms with Crippen LogP contribution in [0.1, 0.15) is 20.8 Å². The monoisotopic (exact) mass is 363 g/mol. The van der Waals surface area contributed by atoms with E-state index in [1.165, 1.54) is 13.3 Å². The van der Waals surface area contributed by atoms with E-state index in [1.807, 2.05) is 0 Å². The number of hydrogen-bond donors (Lipinski definition) is 0. The third-order valence-corrected chi connectivity index (χ3v) is 3.73. The standard InChI is InChI=1S/C16H18ClN5O3/c1-16(2,3)25-15(23)22-14-11(17)10(24-5)7-18-13(14)12(20-22)9-6-19-21(4)8-9/h6-8H,1-5H3. The number of aromatic nitrogens is 5. The first kappa shape index (κ1) is 17.2. The Morgan fingerprint density at radius 2 is 2.00 bits per heavy atom. The second-order valence-corrected chi connectivity index (χ2v) is 6.86. The molecule has 3 rings (SSSR count). The molecule has 0 spiro atoms. The van der Waals surface area contributed by atoms with E-state index < -0.39 is 11.7 Å². The van der Waals surface area contributed by atoms with Crippen LogP contribution in [0.5, 0.6) is 5.75 Å². The number of ether oxygens (including phenoxy) is 2. The predicted octanol–water partition coefficient (Wildman–Crippen LogP) is 3.28. The van der Waals surface area contributed by atoms with Crippen LogP contribution in [0.15, 0.2) is 18.6 Å². The zero-order valence-electron chi connectivity index (χ0n) is 14.6. The molecule has 0 fully saturated rings. The maximum Gasteiger partial charge on any atom is 0.435 e. The zero-order chi connectivity index (χ0) is 18.4. The number of carbonyl (C=O) groups is 1. The highest BCUT2D eigenvalue weighted by Crippen LogP contribution is 2.36. The molecule has 3 aromatic rings. The van der Waals surface area contributed by atoms with E-state index >= 15 is 0 Å². The second-order valence-electron chi connectivity index (χ2n) is 6.48. The van der Waals surface area contributed by atoms with Gasteiger partial charge in [0.05, 0.1) is 19.5 Å². The molecule has 0 bridgehead atoms. The Bertz CT molecular complexity index is 955. The van der Waals surface area contributed by atoms with Gasteiger partial charge >= 0.3 is 6.09 Å². The molecule has 3 heterocycles. The van der Waals surface area contributed by atoms with Crippen LogP contribution in [0.2, 0.25) is 5.02 Å². The lowest BCUT2D eigenvalue weighted by atomic mass is 10.2. The van der Waals surface area contributed by atoms with E-state index in [1.54, 1.807) is 44.9 Å². The number of nitrogens with zero attached hydrogens (tertiary/aromatic N) is 5. The minimum atomic E-state index is -0.678. The minimum absolute atomic E-state index is 0.237. The van der Waals surface area contributed by atoms with Gasteiger partial charge in [-0.1, -0.05) is 11.6 Å². The number of hydrogen-bond acceptors (Lipinski definition) is 6. The molecular weight excluding hydrogens is 346 g/mol. The first-order valence-corrected chi connectivity index (χ1v) is 7.92. The van der Waals surface area contributed by atoms with Crippen molar-refractivity contribution >= 4 is 28.7 Å². The van der Waals surface area contributed by atoms with E-state index in [0.29, 0.717) is 28.0 Å². The van der Waals surface area contributed by atoms with Crippen LogP contribution >= 0.6 is 11.6 Å². The SMILES string of the molecule is COc1cnc2c(-c3cnn(C)c3)nn(C(=O)OC(C)(C)C)c2c1Cl. The summed E-state index contributed by atoms with van der Waals surface area (Å²) < 4.78 is 13.4. The molecule has 0 aromatic carbocycles. The molecule has 25 heavy (non-hydrogen) atoms. The molecule has 0 N–H and O–H groups in total. The summed E-state index contributed by atoms with van der Waals surface area (Å²) in [6, 6.07) is 0. The molecule has 0 aliphatic rings. The van der Waals surface area contributed by atoms with Gasteiger partial charge in [-0.3, -0.25) is 4.68 Å². The molecule has 3 aromatic heterocycles. The third-order valence-electron chi connectivity index (χ3n) is 3.36. The van der Waals surface area contributed by atoms with Gasteiger partial charge in [-0.2, -0.15) is 14.9 Å². The van der Waals surface area contributed by atoms with Crippen molar-refractivity contribution in [2.75, 3.05) is 7.11 Å². The Morgan fingerprint density at radius 3 is 2.56 bits per heavy atom. The van der Waals surface area contributed by atoms with Crippen LogP contribution in [0.4, 0.5) is 4.79 Å². The normalized spacial score (nSPS) is 11.8. The van der Waals surface area contributed by atoms with Gasteiger partial charge in [0.2, 0.25) is 0 Å². The largest absolute Gasteiger partial charge is 0.493 e. The zero-order valence-corrected chi connectivity index (χ0v) is 15.3. The van der Waals surface area contributed by atoms with E-state index in [0.717, 1.165) is 4.68 Å². The van der Waals surface area contributed by atoms with Crippen molar-refractivity contribution < 1.29 is 14.3 Å². The molecule has 0 saturated carbocycles. The highest BCUT2D eigenvalue weighted by atomic mass is 35.5. The molecule has 0 aliphatic carbocycles. The van der Waals surface area contributed by atoms with Crippen LogP contribution in [0, 0.1) is 0 Å². The Hall–Kier alpha value is -2.61. The molecule has 132 valence electrons. The number of halogens is 1. The maximum absolute atomic E-state index is 12.6. The van der Waals surface area contributed by atoms with E-state index in [2.05, 4.69) is 15.2 Å². The van der Waals surface area contributed by atoms with Gasteiger partial charge in [-0.25, -0.2) is 9.78 Å². The fourth-order valence-corrected chi connectivity index (χ4v) is 2.64. The quantitative estimate of drug-likeness (QED) is 0.694. The number of pyridine rings is 1. The van der Waals surface area contributed by atoms with Crippen LogP contribution in [0.25, 0.3) is 22.3 Å². The smallest absolute Gasteiger partial charge is 0.435 e. The molecule has 0 aliphatic heterocycles. The summed E-state index contributed by atoms with van der Waals surface area (Å²) in [6.07, 6.45) is 4.26. The summed E-state index contributed by atoms with van der Waals surface area (Å²) in [5.41, 5.74) is 1.31. The number of fused-ring (bicyclic) bond motifs is 1. The summed E-state index contributed by atoms with van der Waals surface area (Å²) >= 11 is 6.41. The molecule has 9 heteroatoms. The van der Waals surface area contributed by atoms with Crippen molar-refractivity contribution in [2.24, 2.45) is 7.05 Å². The van der Waals surface area contributed by atoms with E-state index in [-0.39, 0.29) is 5.02 Å². The van der Waals surface area contributed by atoms with Gasteiger partial charge in [0.25, 0.3) is 0 Å². The maximum atomic E-state index is 12.6. The second kappa shape index (κ2) is 6.03. The number of aryl methyl sites for hydroxylation is 1. The topological polar surface area (TPSA) is 84.1 Å². The Balaban J connectivity index is 2.26. The van der Waals surface area contributed by atoms with Crippen LogP contribution in [-0.4, -0.2) is 43.3 Å². The third kappa shape index (κ3) is 3.17. The Morgan fingerprint density at radius 1 is 1.28 bits per heavy atom. The summed E-state index contributed by atoms with van der Waals surface area (Å²) in [7, 11) is 3.27. The summed E-state index contributed by atoms with van der Waals surface area (Å²) in [5.74, 6) is 0.344. The number of carbonyl (C=O) groups excluding carboxylic acids is 1. The number of methoxy groups -OCH3 is 1. The van der Waals surface area contributed by atoms with Gasteiger partial charge in [-0.15, -0.1) is 0 Å². The van der Waals surface area contributed by atoms with E-state index in [9.17, 15) is 4.79 Å². The molecule has 0 radical (unpaired) electrons. The average Bonchev–Trinajstić information content (AvgIpc) is 3.10. The minimum Gasteiger partial charge on any atom is -0.493 e.